The third-order valence-electron chi connectivity index (χ3n) is 2.86. The maximum absolute atomic E-state index is 8.87. The Labute approximate surface area is 89.9 Å². The van der Waals surface area contributed by atoms with Gasteiger partial charge >= 0.3 is 0 Å². The van der Waals surface area contributed by atoms with E-state index in [1.807, 2.05) is 6.92 Å². The zero-order chi connectivity index (χ0) is 10.7. The van der Waals surface area contributed by atoms with Gasteiger partial charge in [-0.2, -0.15) is 4.98 Å². The molecule has 0 aliphatic carbocycles. The predicted molar refractivity (Wildman–Crippen MR) is 58.1 cm³/mol. The van der Waals surface area contributed by atoms with Crippen molar-refractivity contribution in [1.82, 2.24) is 4.98 Å². The molecule has 1 aliphatic rings. The molecule has 1 fully saturated rings. The number of hydrogen-bond donors (Lipinski definition) is 1. The molecule has 0 spiro atoms. The largest absolute Gasteiger partial charge is 0.429 e. The van der Waals surface area contributed by atoms with Gasteiger partial charge in [-0.15, -0.1) is 0 Å². The molecule has 0 amide bonds. The van der Waals surface area contributed by atoms with Crippen molar-refractivity contribution >= 4 is 6.01 Å². The summed E-state index contributed by atoms with van der Waals surface area (Å²) in [6.07, 6.45) is 4.33. The number of aliphatic hydroxyl groups excluding tert-OH is 1. The molecule has 1 N–H and O–H groups in total. The average Bonchev–Trinajstić information content (AvgIpc) is 2.63. The molecule has 4 nitrogen and oxygen atoms in total. The Balaban J connectivity index is 2.10. The lowest BCUT2D eigenvalue weighted by molar-refractivity contribution is 0.297. The minimum atomic E-state index is 0.132. The maximum atomic E-state index is 8.87. The summed E-state index contributed by atoms with van der Waals surface area (Å²) in [6.45, 7) is 4.12. The van der Waals surface area contributed by atoms with Crippen LogP contribution in [0.15, 0.2) is 4.42 Å². The van der Waals surface area contributed by atoms with Gasteiger partial charge in [0.05, 0.1) is 5.69 Å². The molecule has 0 radical (unpaired) electrons. The van der Waals surface area contributed by atoms with Crippen LogP contribution in [0.1, 0.15) is 30.7 Å². The Hall–Kier alpha value is -1.03. The van der Waals surface area contributed by atoms with Gasteiger partial charge in [-0.1, -0.05) is 0 Å². The van der Waals surface area contributed by atoms with Crippen molar-refractivity contribution in [2.24, 2.45) is 0 Å². The summed E-state index contributed by atoms with van der Waals surface area (Å²) >= 11 is 0. The maximum Gasteiger partial charge on any atom is 0.297 e. The fraction of sp³-hybridized carbons (Fsp3) is 0.727. The number of aromatic nitrogens is 1. The summed E-state index contributed by atoms with van der Waals surface area (Å²) < 4.78 is 5.61. The second-order valence-electron chi connectivity index (χ2n) is 4.02. The zero-order valence-corrected chi connectivity index (χ0v) is 9.20. The highest BCUT2D eigenvalue weighted by Crippen LogP contribution is 2.22. The number of nitrogens with zero attached hydrogens (tertiary/aromatic N) is 2. The van der Waals surface area contributed by atoms with E-state index in [1.54, 1.807) is 0 Å². The molecule has 15 heavy (non-hydrogen) atoms. The van der Waals surface area contributed by atoms with Crippen molar-refractivity contribution in [2.45, 2.75) is 32.6 Å². The van der Waals surface area contributed by atoms with Gasteiger partial charge in [0.15, 0.2) is 0 Å². The van der Waals surface area contributed by atoms with Gasteiger partial charge in [-0.3, -0.25) is 0 Å². The van der Waals surface area contributed by atoms with Crippen molar-refractivity contribution in [1.29, 1.82) is 0 Å². The highest BCUT2D eigenvalue weighted by molar-refractivity contribution is 5.30. The van der Waals surface area contributed by atoms with Crippen LogP contribution in [0, 0.1) is 6.92 Å². The molecule has 4 heteroatoms. The highest BCUT2D eigenvalue weighted by atomic mass is 16.4. The van der Waals surface area contributed by atoms with Crippen molar-refractivity contribution in [3.8, 4) is 0 Å². The smallest absolute Gasteiger partial charge is 0.297 e. The number of anilines is 1. The van der Waals surface area contributed by atoms with E-state index in [9.17, 15) is 0 Å². The molecular weight excluding hydrogens is 192 g/mol. The van der Waals surface area contributed by atoms with Crippen molar-refractivity contribution in [3.63, 3.8) is 0 Å². The van der Waals surface area contributed by atoms with Crippen LogP contribution in [0.5, 0.6) is 0 Å². The Morgan fingerprint density at radius 3 is 2.73 bits per heavy atom. The normalized spacial score (nSPS) is 17.1. The first-order valence-electron chi connectivity index (χ1n) is 5.63. The predicted octanol–water partition coefficient (Wildman–Crippen LogP) is 1.51. The molecule has 0 saturated carbocycles. The first-order valence-corrected chi connectivity index (χ1v) is 5.63. The van der Waals surface area contributed by atoms with Gasteiger partial charge in [0.25, 0.3) is 6.01 Å². The third kappa shape index (κ3) is 2.31. The Kier molecular flexibility index (Phi) is 3.26. The molecule has 1 aliphatic heterocycles. The molecule has 1 aromatic rings. The Morgan fingerprint density at radius 2 is 2.07 bits per heavy atom. The van der Waals surface area contributed by atoms with Gasteiger partial charge in [0, 0.05) is 26.1 Å². The van der Waals surface area contributed by atoms with Crippen LogP contribution in [-0.2, 0) is 6.42 Å². The Bertz CT molecular complexity index is 316. The number of piperidine rings is 1. The molecule has 0 aromatic carbocycles. The lowest BCUT2D eigenvalue weighted by Gasteiger charge is -2.24. The number of aliphatic hydroxyl groups is 1. The van der Waals surface area contributed by atoms with Crippen LogP contribution in [0.3, 0.4) is 0 Å². The summed E-state index contributed by atoms with van der Waals surface area (Å²) in [6, 6.07) is 0.732. The van der Waals surface area contributed by atoms with Gasteiger partial charge < -0.3 is 14.4 Å². The number of hydrogen-bond acceptors (Lipinski definition) is 4. The summed E-state index contributed by atoms with van der Waals surface area (Å²) in [5.41, 5.74) is 0.887. The first-order chi connectivity index (χ1) is 7.31. The molecule has 84 valence electrons. The van der Waals surface area contributed by atoms with Crippen molar-refractivity contribution < 1.29 is 9.52 Å². The minimum absolute atomic E-state index is 0.132. The Morgan fingerprint density at radius 1 is 1.33 bits per heavy atom. The quantitative estimate of drug-likeness (QED) is 0.821. The summed E-state index contributed by atoms with van der Waals surface area (Å²) in [4.78, 5) is 6.61. The van der Waals surface area contributed by atoms with E-state index in [2.05, 4.69) is 9.88 Å². The van der Waals surface area contributed by atoms with Crippen LogP contribution < -0.4 is 4.90 Å². The first kappa shape index (κ1) is 10.5. The van der Waals surface area contributed by atoms with E-state index < -0.39 is 0 Å². The van der Waals surface area contributed by atoms with Crippen LogP contribution in [0.4, 0.5) is 6.01 Å². The van der Waals surface area contributed by atoms with Gasteiger partial charge in [-0.05, 0) is 26.2 Å². The second-order valence-corrected chi connectivity index (χ2v) is 4.02. The molecule has 0 bridgehead atoms. The summed E-state index contributed by atoms with van der Waals surface area (Å²) in [7, 11) is 0. The van der Waals surface area contributed by atoms with E-state index in [-0.39, 0.29) is 6.61 Å². The fourth-order valence-electron chi connectivity index (χ4n) is 1.97. The van der Waals surface area contributed by atoms with Gasteiger partial charge in [0.2, 0.25) is 0 Å². The zero-order valence-electron chi connectivity index (χ0n) is 9.20. The van der Waals surface area contributed by atoms with E-state index in [4.69, 9.17) is 9.52 Å². The second kappa shape index (κ2) is 4.66. The van der Waals surface area contributed by atoms with E-state index >= 15 is 0 Å². The van der Waals surface area contributed by atoms with Gasteiger partial charge in [0.1, 0.15) is 5.76 Å². The number of rotatable bonds is 3. The van der Waals surface area contributed by atoms with E-state index in [0.717, 1.165) is 30.6 Å². The monoisotopic (exact) mass is 210 g/mol. The third-order valence-corrected chi connectivity index (χ3v) is 2.86. The molecule has 2 rings (SSSR count). The molecule has 0 unspecified atom stereocenters. The lowest BCUT2D eigenvalue weighted by atomic mass is 10.1. The van der Waals surface area contributed by atoms with Crippen LogP contribution in [0.2, 0.25) is 0 Å². The number of aryl methyl sites for hydroxylation is 1. The topological polar surface area (TPSA) is 49.5 Å². The van der Waals surface area contributed by atoms with Crippen LogP contribution in [-0.4, -0.2) is 29.8 Å². The fourth-order valence-corrected chi connectivity index (χ4v) is 1.97. The minimum Gasteiger partial charge on any atom is -0.429 e. The molecule has 1 saturated heterocycles. The van der Waals surface area contributed by atoms with Crippen LogP contribution >= 0.6 is 0 Å². The molecule has 0 atom stereocenters. The van der Waals surface area contributed by atoms with Crippen molar-refractivity contribution in [2.75, 3.05) is 24.6 Å². The SMILES string of the molecule is Cc1oc(N2CCCCC2)nc1CCO. The molecular formula is C11H18N2O2. The lowest BCUT2D eigenvalue weighted by Crippen LogP contribution is -2.29. The summed E-state index contributed by atoms with van der Waals surface area (Å²) in [5, 5.41) is 8.87. The van der Waals surface area contributed by atoms with E-state index in [0.29, 0.717) is 6.42 Å². The molecule has 2 heterocycles. The van der Waals surface area contributed by atoms with Crippen molar-refractivity contribution in [3.05, 3.63) is 11.5 Å². The van der Waals surface area contributed by atoms with Crippen LogP contribution in [0.25, 0.3) is 0 Å². The summed E-state index contributed by atoms with van der Waals surface area (Å²) in [5.74, 6) is 0.838. The standard InChI is InChI=1S/C11H18N2O2/c1-9-10(5-8-14)12-11(15-9)13-6-3-2-4-7-13/h14H,2-8H2,1H3. The average molecular weight is 210 g/mol. The highest BCUT2D eigenvalue weighted by Gasteiger charge is 2.17. The van der Waals surface area contributed by atoms with E-state index in [1.165, 1.54) is 19.3 Å². The number of oxazole rings is 1. The molecule has 1 aromatic heterocycles. The van der Waals surface area contributed by atoms with Gasteiger partial charge in [-0.25, -0.2) is 0 Å².